The Morgan fingerprint density at radius 2 is 1.44 bits per heavy atom. The van der Waals surface area contributed by atoms with Gasteiger partial charge in [-0.25, -0.2) is 0 Å². The van der Waals surface area contributed by atoms with Gasteiger partial charge in [-0.2, -0.15) is 0 Å². The zero-order valence-corrected chi connectivity index (χ0v) is 15.9. The molecule has 6 rings (SSSR count). The van der Waals surface area contributed by atoms with Crippen LogP contribution in [0.25, 0.3) is 49.4 Å². The van der Waals surface area contributed by atoms with Gasteiger partial charge >= 0.3 is 0 Å². The molecule has 0 unspecified atom stereocenters. The van der Waals surface area contributed by atoms with Gasteiger partial charge in [-0.05, 0) is 42.5 Å². The van der Waals surface area contributed by atoms with Gasteiger partial charge in [0.25, 0.3) is 0 Å². The fourth-order valence-corrected chi connectivity index (χ4v) is 4.46. The Balaban J connectivity index is 1.90. The van der Waals surface area contributed by atoms with E-state index >= 15 is 0 Å². The van der Waals surface area contributed by atoms with Gasteiger partial charge in [0.15, 0.2) is 5.58 Å². The molecule has 0 fully saturated rings. The van der Waals surface area contributed by atoms with Crippen molar-refractivity contribution in [2.24, 2.45) is 0 Å². The number of hydrogen-bond donors (Lipinski definition) is 0. The molecule has 0 saturated heterocycles. The van der Waals surface area contributed by atoms with Gasteiger partial charge in [-0.3, -0.25) is 0 Å². The summed E-state index contributed by atoms with van der Waals surface area (Å²) in [7, 11) is 0. The molecule has 128 valence electrons. The summed E-state index contributed by atoms with van der Waals surface area (Å²) in [6.45, 7) is 0. The number of nitrogens with zero attached hydrogens (tertiary/aromatic N) is 1. The third kappa shape index (κ3) is 2.06. The highest BCUT2D eigenvalue weighted by atomic mass is 79.9. The van der Waals surface area contributed by atoms with Gasteiger partial charge in [0.05, 0.1) is 11.0 Å². The standard InChI is InChI=1S/C24H14BrNO/c25-15-10-13-22-20(14-15)19-12-11-18-17-8-4-5-9-21(17)26(23(18)24(19)27-22)16-6-2-1-3-7-16/h1-14H. The molecular formula is C24H14BrNO. The van der Waals surface area contributed by atoms with E-state index in [4.69, 9.17) is 4.42 Å². The molecule has 0 bridgehead atoms. The van der Waals surface area contributed by atoms with Gasteiger partial charge in [-0.15, -0.1) is 0 Å². The topological polar surface area (TPSA) is 18.1 Å². The molecule has 4 aromatic carbocycles. The number of benzene rings is 4. The van der Waals surface area contributed by atoms with Crippen LogP contribution in [0.5, 0.6) is 0 Å². The van der Waals surface area contributed by atoms with E-state index in [1.165, 1.54) is 16.3 Å². The molecule has 6 aromatic rings. The van der Waals surface area contributed by atoms with E-state index in [0.717, 1.165) is 37.6 Å². The van der Waals surface area contributed by atoms with E-state index in [-0.39, 0.29) is 0 Å². The molecule has 0 spiro atoms. The molecule has 0 aliphatic heterocycles. The fourth-order valence-electron chi connectivity index (χ4n) is 4.10. The van der Waals surface area contributed by atoms with Crippen LogP contribution in [0, 0.1) is 0 Å². The monoisotopic (exact) mass is 411 g/mol. The molecule has 0 N–H and O–H groups in total. The molecular weight excluding hydrogens is 398 g/mol. The molecule has 0 amide bonds. The lowest BCUT2D eigenvalue weighted by Gasteiger charge is -2.07. The third-order valence-electron chi connectivity index (χ3n) is 5.25. The van der Waals surface area contributed by atoms with Crippen molar-refractivity contribution in [1.29, 1.82) is 0 Å². The van der Waals surface area contributed by atoms with Crippen LogP contribution in [0.4, 0.5) is 0 Å². The molecule has 0 atom stereocenters. The van der Waals surface area contributed by atoms with E-state index < -0.39 is 0 Å². The minimum absolute atomic E-state index is 0.908. The second-order valence-electron chi connectivity index (χ2n) is 6.77. The minimum atomic E-state index is 0.908. The number of hydrogen-bond acceptors (Lipinski definition) is 1. The Hall–Kier alpha value is -3.04. The predicted octanol–water partition coefficient (Wildman–Crippen LogP) is 7.45. The van der Waals surface area contributed by atoms with Crippen molar-refractivity contribution in [2.75, 3.05) is 0 Å². The van der Waals surface area contributed by atoms with Crippen molar-refractivity contribution in [1.82, 2.24) is 4.57 Å². The Labute approximate surface area is 163 Å². The van der Waals surface area contributed by atoms with E-state index in [1.54, 1.807) is 0 Å². The van der Waals surface area contributed by atoms with Crippen molar-refractivity contribution < 1.29 is 4.42 Å². The molecule has 2 aromatic heterocycles. The molecule has 27 heavy (non-hydrogen) atoms. The number of fused-ring (bicyclic) bond motifs is 7. The maximum absolute atomic E-state index is 6.37. The summed E-state index contributed by atoms with van der Waals surface area (Å²) in [6.07, 6.45) is 0. The molecule has 2 heterocycles. The first kappa shape index (κ1) is 15.1. The first-order valence-corrected chi connectivity index (χ1v) is 9.70. The fraction of sp³-hybridized carbons (Fsp3) is 0. The lowest BCUT2D eigenvalue weighted by atomic mass is 10.1. The summed E-state index contributed by atoms with van der Waals surface area (Å²) in [6, 6.07) is 29.6. The second kappa shape index (κ2) is 5.48. The van der Waals surface area contributed by atoms with Crippen molar-refractivity contribution in [3.63, 3.8) is 0 Å². The first-order valence-electron chi connectivity index (χ1n) is 8.90. The van der Waals surface area contributed by atoms with Crippen molar-refractivity contribution in [3.8, 4) is 5.69 Å². The van der Waals surface area contributed by atoms with Gasteiger partial charge in [0.1, 0.15) is 5.58 Å². The van der Waals surface area contributed by atoms with Crippen LogP contribution >= 0.6 is 15.9 Å². The zero-order valence-electron chi connectivity index (χ0n) is 14.3. The molecule has 2 nitrogen and oxygen atoms in total. The lowest BCUT2D eigenvalue weighted by molar-refractivity contribution is 0.671. The van der Waals surface area contributed by atoms with Crippen LogP contribution in [0.15, 0.2) is 93.8 Å². The summed E-state index contributed by atoms with van der Waals surface area (Å²) < 4.78 is 9.74. The predicted molar refractivity (Wildman–Crippen MR) is 116 cm³/mol. The van der Waals surface area contributed by atoms with E-state index in [1.807, 2.05) is 18.2 Å². The number of furan rings is 1. The summed E-state index contributed by atoms with van der Waals surface area (Å²) >= 11 is 3.59. The Morgan fingerprint density at radius 1 is 0.667 bits per heavy atom. The third-order valence-corrected chi connectivity index (χ3v) is 5.74. The van der Waals surface area contributed by atoms with Crippen LogP contribution in [0.2, 0.25) is 0 Å². The molecule has 0 radical (unpaired) electrons. The largest absolute Gasteiger partial charge is 0.454 e. The van der Waals surface area contributed by atoms with Crippen molar-refractivity contribution in [3.05, 3.63) is 89.4 Å². The first-order chi connectivity index (χ1) is 13.3. The minimum Gasteiger partial charge on any atom is -0.454 e. The van der Waals surface area contributed by atoms with Crippen LogP contribution in [0.1, 0.15) is 0 Å². The van der Waals surface area contributed by atoms with Crippen LogP contribution in [-0.2, 0) is 0 Å². The highest BCUT2D eigenvalue weighted by molar-refractivity contribution is 9.10. The number of aromatic nitrogens is 1. The summed E-state index contributed by atoms with van der Waals surface area (Å²) in [5.74, 6) is 0. The SMILES string of the molecule is Brc1ccc2oc3c(ccc4c5ccccc5n(-c5ccccc5)c43)c2c1. The maximum atomic E-state index is 6.37. The Morgan fingerprint density at radius 3 is 2.33 bits per heavy atom. The molecule has 0 saturated carbocycles. The average Bonchev–Trinajstić information content (AvgIpc) is 3.24. The summed E-state index contributed by atoms with van der Waals surface area (Å²) in [5.41, 5.74) is 5.28. The number of halogens is 1. The smallest absolute Gasteiger partial charge is 0.160 e. The normalized spacial score (nSPS) is 11.9. The molecule has 0 aliphatic rings. The van der Waals surface area contributed by atoms with Gasteiger partial charge in [0.2, 0.25) is 0 Å². The lowest BCUT2D eigenvalue weighted by Crippen LogP contribution is -1.93. The maximum Gasteiger partial charge on any atom is 0.160 e. The highest BCUT2D eigenvalue weighted by Crippen LogP contribution is 2.40. The van der Waals surface area contributed by atoms with Gasteiger partial charge < -0.3 is 8.98 Å². The second-order valence-corrected chi connectivity index (χ2v) is 7.68. The Bertz CT molecular complexity index is 1470. The van der Waals surface area contributed by atoms with E-state index in [9.17, 15) is 0 Å². The summed E-state index contributed by atoms with van der Waals surface area (Å²) in [5, 5.41) is 4.71. The number of para-hydroxylation sites is 2. The molecule has 0 aliphatic carbocycles. The molecule has 3 heteroatoms. The van der Waals surface area contributed by atoms with Crippen LogP contribution < -0.4 is 0 Å². The van der Waals surface area contributed by atoms with E-state index in [2.05, 4.69) is 87.2 Å². The van der Waals surface area contributed by atoms with Crippen LogP contribution in [0.3, 0.4) is 0 Å². The number of rotatable bonds is 1. The zero-order chi connectivity index (χ0) is 18.0. The van der Waals surface area contributed by atoms with Crippen molar-refractivity contribution in [2.45, 2.75) is 0 Å². The van der Waals surface area contributed by atoms with Gasteiger partial charge in [0, 0.05) is 31.7 Å². The van der Waals surface area contributed by atoms with E-state index in [0.29, 0.717) is 0 Å². The quantitative estimate of drug-likeness (QED) is 0.274. The highest BCUT2D eigenvalue weighted by Gasteiger charge is 2.18. The van der Waals surface area contributed by atoms with Gasteiger partial charge in [-0.1, -0.05) is 58.4 Å². The van der Waals surface area contributed by atoms with Crippen molar-refractivity contribution >= 4 is 59.7 Å². The van der Waals surface area contributed by atoms with Crippen LogP contribution in [-0.4, -0.2) is 4.57 Å². The summed E-state index contributed by atoms with van der Waals surface area (Å²) in [4.78, 5) is 0. The average molecular weight is 412 g/mol. The Kier molecular flexibility index (Phi) is 3.06.